The predicted molar refractivity (Wildman–Crippen MR) is 154 cm³/mol. The summed E-state index contributed by atoms with van der Waals surface area (Å²) in [7, 11) is 0. The van der Waals surface area contributed by atoms with E-state index in [0.717, 1.165) is 81.1 Å². The predicted octanol–water partition coefficient (Wildman–Crippen LogP) is 5.30. The minimum Gasteiger partial charge on any atom is -0.466 e. The summed E-state index contributed by atoms with van der Waals surface area (Å²) >= 11 is 0. The van der Waals surface area contributed by atoms with Crippen molar-refractivity contribution in [2.45, 2.75) is 26.3 Å². The van der Waals surface area contributed by atoms with Crippen molar-refractivity contribution in [2.24, 2.45) is 5.92 Å². The summed E-state index contributed by atoms with van der Waals surface area (Å²) in [5.74, 6) is -0.0373. The molecule has 0 N–H and O–H groups in total. The van der Waals surface area contributed by atoms with Crippen molar-refractivity contribution in [1.29, 1.82) is 0 Å². The average molecular weight is 525 g/mol. The number of para-hydroxylation sites is 1. The van der Waals surface area contributed by atoms with E-state index in [9.17, 15) is 4.79 Å². The minimum absolute atomic E-state index is 0.0163. The first-order valence-corrected chi connectivity index (χ1v) is 14.1. The molecule has 2 aromatic heterocycles. The van der Waals surface area contributed by atoms with Crippen molar-refractivity contribution in [2.75, 3.05) is 50.9 Å². The lowest BCUT2D eigenvalue weighted by molar-refractivity contribution is -0.148. The molecule has 0 bridgehead atoms. The van der Waals surface area contributed by atoms with E-state index in [1.165, 1.54) is 16.9 Å². The molecule has 0 atom stereocenters. The zero-order chi connectivity index (χ0) is 26.6. The maximum Gasteiger partial charge on any atom is 0.309 e. The van der Waals surface area contributed by atoms with Gasteiger partial charge in [0, 0.05) is 66.9 Å². The van der Waals surface area contributed by atoms with Crippen LogP contribution in [0.3, 0.4) is 0 Å². The Morgan fingerprint density at radius 2 is 1.69 bits per heavy atom. The fourth-order valence-electron chi connectivity index (χ4n) is 5.87. The molecule has 2 saturated heterocycles. The Kier molecular flexibility index (Phi) is 7.61. The lowest BCUT2D eigenvalue weighted by Crippen LogP contribution is -2.36. The summed E-state index contributed by atoms with van der Waals surface area (Å²) in [5, 5.41) is 1.16. The van der Waals surface area contributed by atoms with E-state index in [1.807, 2.05) is 13.1 Å². The van der Waals surface area contributed by atoms with Gasteiger partial charge in [-0.05, 0) is 56.2 Å². The van der Waals surface area contributed by atoms with E-state index < -0.39 is 0 Å². The fraction of sp³-hybridized carbons (Fsp3) is 0.375. The monoisotopic (exact) mass is 524 g/mol. The lowest BCUT2D eigenvalue weighted by Gasteiger charge is -2.32. The minimum atomic E-state index is -0.0536. The summed E-state index contributed by atoms with van der Waals surface area (Å²) in [6.45, 7) is 8.36. The van der Waals surface area contributed by atoms with Gasteiger partial charge < -0.3 is 18.9 Å². The normalized spacial score (nSPS) is 17.0. The van der Waals surface area contributed by atoms with Crippen LogP contribution in [0.15, 0.2) is 72.9 Å². The van der Waals surface area contributed by atoms with Crippen LogP contribution in [0.25, 0.3) is 27.8 Å². The highest BCUT2D eigenvalue weighted by Crippen LogP contribution is 2.33. The molecule has 2 aliphatic rings. The molecule has 202 valence electrons. The smallest absolute Gasteiger partial charge is 0.309 e. The van der Waals surface area contributed by atoms with Gasteiger partial charge in [-0.15, -0.1) is 0 Å². The molecule has 7 nitrogen and oxygen atoms in total. The number of aromatic nitrogens is 2. The number of carbonyl (C=O) groups excluding carboxylic acids is 1. The van der Waals surface area contributed by atoms with Crippen molar-refractivity contribution in [1.82, 2.24) is 14.5 Å². The van der Waals surface area contributed by atoms with E-state index in [4.69, 9.17) is 14.5 Å². The first kappa shape index (κ1) is 25.6. The molecule has 0 aliphatic carbocycles. The van der Waals surface area contributed by atoms with Crippen molar-refractivity contribution < 1.29 is 14.3 Å². The Morgan fingerprint density at radius 3 is 2.41 bits per heavy atom. The van der Waals surface area contributed by atoms with Crippen molar-refractivity contribution in [3.05, 3.63) is 78.6 Å². The highest BCUT2D eigenvalue weighted by molar-refractivity contribution is 5.95. The summed E-state index contributed by atoms with van der Waals surface area (Å²) in [4.78, 5) is 21.8. The maximum absolute atomic E-state index is 12.1. The SMILES string of the molecule is CCOC(=O)C1CCN(c2ccc(-c3nccc4c3cc(CN3CCOCC3)n4-c3ccccc3)cc2)CC1. The Morgan fingerprint density at radius 1 is 0.949 bits per heavy atom. The van der Waals surface area contributed by atoms with E-state index >= 15 is 0 Å². The van der Waals surface area contributed by atoms with Gasteiger partial charge in [0.25, 0.3) is 0 Å². The Balaban J connectivity index is 1.29. The molecule has 6 rings (SSSR count). The second-order valence-corrected chi connectivity index (χ2v) is 10.3. The van der Waals surface area contributed by atoms with Crippen molar-refractivity contribution >= 4 is 22.6 Å². The third kappa shape index (κ3) is 5.42. The van der Waals surface area contributed by atoms with Crippen molar-refractivity contribution in [3.63, 3.8) is 0 Å². The zero-order valence-electron chi connectivity index (χ0n) is 22.6. The van der Waals surface area contributed by atoms with Crippen LogP contribution in [0, 0.1) is 5.92 Å². The van der Waals surface area contributed by atoms with Crippen LogP contribution >= 0.6 is 0 Å². The summed E-state index contributed by atoms with van der Waals surface area (Å²) in [6.07, 6.45) is 3.59. The van der Waals surface area contributed by atoms with Crippen LogP contribution in [0.5, 0.6) is 0 Å². The number of carbonyl (C=O) groups is 1. The average Bonchev–Trinajstić information content (AvgIpc) is 3.36. The second kappa shape index (κ2) is 11.6. The van der Waals surface area contributed by atoms with E-state index in [1.54, 1.807) is 0 Å². The molecule has 7 heteroatoms. The Hall–Kier alpha value is -3.68. The molecule has 0 amide bonds. The molecule has 0 unspecified atom stereocenters. The molecule has 39 heavy (non-hydrogen) atoms. The number of ether oxygens (including phenoxy) is 2. The molecule has 4 aromatic rings. The van der Waals surface area contributed by atoms with Gasteiger partial charge in [0.15, 0.2) is 0 Å². The van der Waals surface area contributed by atoms with Crippen LogP contribution in [-0.4, -0.2) is 66.4 Å². The molecular formula is C32H36N4O3. The highest BCUT2D eigenvalue weighted by Gasteiger charge is 2.26. The number of hydrogen-bond acceptors (Lipinski definition) is 6. The highest BCUT2D eigenvalue weighted by atomic mass is 16.5. The largest absolute Gasteiger partial charge is 0.466 e. The number of piperidine rings is 1. The summed E-state index contributed by atoms with van der Waals surface area (Å²) in [5.41, 5.74) is 6.87. The number of nitrogens with zero attached hydrogens (tertiary/aromatic N) is 4. The van der Waals surface area contributed by atoms with Gasteiger partial charge in [-0.25, -0.2) is 0 Å². The standard InChI is InChI=1S/C32H36N4O3/c1-2-39-32(37)25-13-16-35(17-14-25)26-10-8-24(9-11-26)31-29-22-28(23-34-18-20-38-21-19-34)36(30(29)12-15-33-31)27-6-4-3-5-7-27/h3-12,15,22,25H,2,13-14,16-21,23H2,1H3. The first-order valence-electron chi connectivity index (χ1n) is 14.1. The molecule has 0 saturated carbocycles. The van der Waals surface area contributed by atoms with Crippen molar-refractivity contribution in [3.8, 4) is 16.9 Å². The number of morpholine rings is 1. The van der Waals surface area contributed by atoms with Gasteiger partial charge in [-0.1, -0.05) is 30.3 Å². The van der Waals surface area contributed by atoms with Crippen LogP contribution in [-0.2, 0) is 20.8 Å². The van der Waals surface area contributed by atoms with Gasteiger partial charge in [-0.3, -0.25) is 14.7 Å². The third-order valence-corrected chi connectivity index (χ3v) is 7.93. The molecule has 2 aromatic carbocycles. The maximum atomic E-state index is 12.1. The molecule has 4 heterocycles. The van der Waals surface area contributed by atoms with Gasteiger partial charge in [-0.2, -0.15) is 0 Å². The van der Waals surface area contributed by atoms with Gasteiger partial charge in [0.05, 0.1) is 36.9 Å². The topological polar surface area (TPSA) is 59.8 Å². The summed E-state index contributed by atoms with van der Waals surface area (Å²) in [6, 6.07) is 23.7. The molecule has 0 radical (unpaired) electrons. The number of pyridine rings is 1. The quantitative estimate of drug-likeness (QED) is 0.306. The second-order valence-electron chi connectivity index (χ2n) is 10.3. The lowest BCUT2D eigenvalue weighted by atomic mass is 9.96. The van der Waals surface area contributed by atoms with Gasteiger partial charge in [0.2, 0.25) is 0 Å². The molecule has 0 spiro atoms. The van der Waals surface area contributed by atoms with E-state index in [0.29, 0.717) is 6.61 Å². The Bertz CT molecular complexity index is 1400. The molecule has 2 aliphatic heterocycles. The Labute approximate surface area is 230 Å². The zero-order valence-corrected chi connectivity index (χ0v) is 22.6. The molecular weight excluding hydrogens is 488 g/mol. The van der Waals surface area contributed by atoms with Gasteiger partial charge in [0.1, 0.15) is 0 Å². The first-order chi connectivity index (χ1) is 19.2. The fourth-order valence-corrected chi connectivity index (χ4v) is 5.87. The number of esters is 1. The number of rotatable bonds is 7. The van der Waals surface area contributed by atoms with Gasteiger partial charge >= 0.3 is 5.97 Å². The van der Waals surface area contributed by atoms with Crippen LogP contribution in [0.4, 0.5) is 5.69 Å². The van der Waals surface area contributed by atoms with E-state index in [2.05, 4.69) is 81.1 Å². The number of benzene rings is 2. The van der Waals surface area contributed by atoms with E-state index in [-0.39, 0.29) is 11.9 Å². The van der Waals surface area contributed by atoms with Crippen LogP contribution < -0.4 is 4.90 Å². The molecule has 2 fully saturated rings. The summed E-state index contributed by atoms with van der Waals surface area (Å²) < 4.78 is 13.2. The number of fused-ring (bicyclic) bond motifs is 1. The number of anilines is 1. The van der Waals surface area contributed by atoms with Crippen LogP contribution in [0.1, 0.15) is 25.5 Å². The number of hydrogen-bond donors (Lipinski definition) is 0. The van der Waals surface area contributed by atoms with Crippen LogP contribution in [0.2, 0.25) is 0 Å². The third-order valence-electron chi connectivity index (χ3n) is 7.93.